The highest BCUT2D eigenvalue weighted by atomic mass is 16.1. The van der Waals surface area contributed by atoms with E-state index in [4.69, 9.17) is 5.26 Å². The van der Waals surface area contributed by atoms with Crippen LogP contribution in [-0.2, 0) is 6.42 Å². The minimum atomic E-state index is -0.0423. The van der Waals surface area contributed by atoms with Gasteiger partial charge in [0.1, 0.15) is 0 Å². The van der Waals surface area contributed by atoms with Crippen LogP contribution in [-0.4, -0.2) is 29.9 Å². The molecule has 1 N–H and O–H groups in total. The summed E-state index contributed by atoms with van der Waals surface area (Å²) in [5.74, 6) is -0.0423. The lowest BCUT2D eigenvalue weighted by Crippen LogP contribution is -2.45. The Bertz CT molecular complexity index is 773. The highest BCUT2D eigenvalue weighted by molar-refractivity contribution is 5.94. The second kappa shape index (κ2) is 8.64. The number of rotatable bonds is 5. The van der Waals surface area contributed by atoms with E-state index < -0.39 is 0 Å². The average Bonchev–Trinajstić information content (AvgIpc) is 2.69. The van der Waals surface area contributed by atoms with Gasteiger partial charge in [-0.1, -0.05) is 42.5 Å². The van der Waals surface area contributed by atoms with Crippen molar-refractivity contribution in [2.45, 2.75) is 38.3 Å². The Morgan fingerprint density at radius 3 is 2.62 bits per heavy atom. The molecule has 1 saturated heterocycles. The van der Waals surface area contributed by atoms with Crippen LogP contribution in [0.1, 0.15) is 47.3 Å². The van der Waals surface area contributed by atoms with Crippen LogP contribution in [0.3, 0.4) is 0 Å². The lowest BCUT2D eigenvalue weighted by molar-refractivity contribution is 0.0896. The molecule has 1 aliphatic heterocycles. The van der Waals surface area contributed by atoms with Gasteiger partial charge in [-0.05, 0) is 43.0 Å². The summed E-state index contributed by atoms with van der Waals surface area (Å²) >= 11 is 0. The number of carbonyl (C=O) groups excluding carboxylic acids is 1. The van der Waals surface area contributed by atoms with Crippen molar-refractivity contribution in [2.75, 3.05) is 13.1 Å². The molecule has 26 heavy (non-hydrogen) atoms. The summed E-state index contributed by atoms with van der Waals surface area (Å²) in [6, 6.07) is 20.6. The zero-order valence-corrected chi connectivity index (χ0v) is 15.2. The number of nitrogens with zero attached hydrogens (tertiary/aromatic N) is 2. The van der Waals surface area contributed by atoms with Gasteiger partial charge in [-0.2, -0.15) is 5.26 Å². The van der Waals surface area contributed by atoms with Crippen LogP contribution in [0, 0.1) is 11.3 Å². The minimum absolute atomic E-state index is 0.0423. The maximum atomic E-state index is 12.5. The first-order valence-electron chi connectivity index (χ1n) is 9.23. The number of nitrogens with one attached hydrogen (secondary N) is 1. The van der Waals surface area contributed by atoms with E-state index in [1.165, 1.54) is 5.56 Å². The molecule has 0 radical (unpaired) electrons. The Morgan fingerprint density at radius 2 is 1.92 bits per heavy atom. The van der Waals surface area contributed by atoms with Crippen LogP contribution in [0.5, 0.6) is 0 Å². The van der Waals surface area contributed by atoms with Crippen molar-refractivity contribution in [3.05, 3.63) is 71.3 Å². The molecule has 0 aliphatic carbocycles. The normalized spacial score (nSPS) is 16.6. The van der Waals surface area contributed by atoms with Crippen molar-refractivity contribution in [2.24, 2.45) is 0 Å². The van der Waals surface area contributed by atoms with Crippen molar-refractivity contribution in [1.82, 2.24) is 10.2 Å². The van der Waals surface area contributed by atoms with Crippen molar-refractivity contribution in [1.29, 1.82) is 5.26 Å². The fourth-order valence-electron chi connectivity index (χ4n) is 3.56. The van der Waals surface area contributed by atoms with Gasteiger partial charge in [0, 0.05) is 30.7 Å². The summed E-state index contributed by atoms with van der Waals surface area (Å²) in [5, 5.41) is 12.0. The van der Waals surface area contributed by atoms with E-state index in [0.717, 1.165) is 31.5 Å². The third-order valence-electron chi connectivity index (χ3n) is 5.17. The van der Waals surface area contributed by atoms with Crippen molar-refractivity contribution in [3.63, 3.8) is 0 Å². The lowest BCUT2D eigenvalue weighted by atomic mass is 9.99. The van der Waals surface area contributed by atoms with Crippen molar-refractivity contribution < 1.29 is 4.79 Å². The van der Waals surface area contributed by atoms with Crippen LogP contribution >= 0.6 is 0 Å². The molecule has 2 aromatic carbocycles. The van der Waals surface area contributed by atoms with Gasteiger partial charge in [0.25, 0.3) is 5.91 Å². The van der Waals surface area contributed by atoms with Gasteiger partial charge in [-0.15, -0.1) is 0 Å². The molecule has 134 valence electrons. The highest BCUT2D eigenvalue weighted by Gasteiger charge is 2.24. The molecule has 2 aromatic rings. The predicted octanol–water partition coefficient (Wildman–Crippen LogP) is 3.71. The summed E-state index contributed by atoms with van der Waals surface area (Å²) in [6.45, 7) is 4.21. The molecule has 1 amide bonds. The first kappa shape index (κ1) is 18.2. The molecule has 0 bridgehead atoms. The standard InChI is InChI=1S/C22H25N3O/c1-17(19-7-3-2-4-8-19)25-14-11-21(12-15-25)24-22(26)20-9-5-6-18(16-20)10-13-23/h2-9,16-17,21H,10-12,14-15H2,1H3,(H,24,26)/t17-/m0/s1. The first-order chi connectivity index (χ1) is 12.7. The Hall–Kier alpha value is -2.64. The minimum Gasteiger partial charge on any atom is -0.349 e. The van der Waals surface area contributed by atoms with E-state index in [-0.39, 0.29) is 11.9 Å². The Labute approximate surface area is 155 Å². The van der Waals surface area contributed by atoms with Gasteiger partial charge in [0.15, 0.2) is 0 Å². The van der Waals surface area contributed by atoms with E-state index in [1.54, 1.807) is 0 Å². The second-order valence-corrected chi connectivity index (χ2v) is 6.91. The number of nitriles is 1. The van der Waals surface area contributed by atoms with Crippen LogP contribution in [0.25, 0.3) is 0 Å². The lowest BCUT2D eigenvalue weighted by Gasteiger charge is -2.36. The fraction of sp³-hybridized carbons (Fsp3) is 0.364. The smallest absolute Gasteiger partial charge is 0.251 e. The molecule has 0 aromatic heterocycles. The molecule has 1 heterocycles. The Balaban J connectivity index is 1.53. The molecule has 4 heteroatoms. The highest BCUT2D eigenvalue weighted by Crippen LogP contribution is 2.24. The van der Waals surface area contributed by atoms with Crippen LogP contribution < -0.4 is 5.32 Å². The second-order valence-electron chi connectivity index (χ2n) is 6.91. The summed E-state index contributed by atoms with van der Waals surface area (Å²) < 4.78 is 0. The molecule has 4 nitrogen and oxygen atoms in total. The van der Waals surface area contributed by atoms with Gasteiger partial charge < -0.3 is 5.32 Å². The van der Waals surface area contributed by atoms with Gasteiger partial charge in [0.05, 0.1) is 12.5 Å². The largest absolute Gasteiger partial charge is 0.349 e. The van der Waals surface area contributed by atoms with Crippen LogP contribution in [0.2, 0.25) is 0 Å². The number of hydrogen-bond donors (Lipinski definition) is 1. The number of piperidine rings is 1. The summed E-state index contributed by atoms with van der Waals surface area (Å²) in [7, 11) is 0. The number of amides is 1. The van der Waals surface area contributed by atoms with E-state index in [1.807, 2.05) is 30.3 Å². The maximum absolute atomic E-state index is 12.5. The van der Waals surface area contributed by atoms with Crippen molar-refractivity contribution >= 4 is 5.91 Å². The van der Waals surface area contributed by atoms with Crippen molar-refractivity contribution in [3.8, 4) is 6.07 Å². The zero-order valence-electron chi connectivity index (χ0n) is 15.2. The molecule has 1 aliphatic rings. The topological polar surface area (TPSA) is 56.1 Å². The molecular formula is C22H25N3O. The number of carbonyl (C=O) groups is 1. The van der Waals surface area contributed by atoms with E-state index in [0.29, 0.717) is 18.0 Å². The summed E-state index contributed by atoms with van der Waals surface area (Å²) in [5.41, 5.74) is 2.86. The van der Waals surface area contributed by atoms with Gasteiger partial charge in [-0.25, -0.2) is 0 Å². The Kier molecular flexibility index (Phi) is 6.04. The molecule has 1 fully saturated rings. The fourth-order valence-corrected chi connectivity index (χ4v) is 3.56. The third kappa shape index (κ3) is 4.50. The predicted molar refractivity (Wildman–Crippen MR) is 103 cm³/mol. The van der Waals surface area contributed by atoms with Crippen LogP contribution in [0.15, 0.2) is 54.6 Å². The molecule has 0 spiro atoms. The number of benzene rings is 2. The van der Waals surface area contributed by atoms with Gasteiger partial charge in [-0.3, -0.25) is 9.69 Å². The van der Waals surface area contributed by atoms with E-state index in [9.17, 15) is 4.79 Å². The number of likely N-dealkylation sites (tertiary alicyclic amines) is 1. The third-order valence-corrected chi connectivity index (χ3v) is 5.17. The molecule has 0 unspecified atom stereocenters. The molecule has 1 atom stereocenters. The zero-order chi connectivity index (χ0) is 18.4. The van der Waals surface area contributed by atoms with Crippen LogP contribution in [0.4, 0.5) is 0 Å². The maximum Gasteiger partial charge on any atom is 0.251 e. The van der Waals surface area contributed by atoms with E-state index >= 15 is 0 Å². The number of hydrogen-bond acceptors (Lipinski definition) is 3. The van der Waals surface area contributed by atoms with E-state index in [2.05, 4.69) is 47.5 Å². The van der Waals surface area contributed by atoms with Gasteiger partial charge >= 0.3 is 0 Å². The molecule has 3 rings (SSSR count). The Morgan fingerprint density at radius 1 is 1.19 bits per heavy atom. The monoisotopic (exact) mass is 347 g/mol. The SMILES string of the molecule is C[C@@H](c1ccccc1)N1CCC(NC(=O)c2cccc(CC#N)c2)CC1. The molecular weight excluding hydrogens is 322 g/mol. The molecule has 0 saturated carbocycles. The average molecular weight is 347 g/mol. The summed E-state index contributed by atoms with van der Waals surface area (Å²) in [6.07, 6.45) is 2.25. The van der Waals surface area contributed by atoms with Gasteiger partial charge in [0.2, 0.25) is 0 Å². The quantitative estimate of drug-likeness (QED) is 0.897. The first-order valence-corrected chi connectivity index (χ1v) is 9.23. The summed E-state index contributed by atoms with van der Waals surface area (Å²) in [4.78, 5) is 15.0.